The van der Waals surface area contributed by atoms with E-state index in [4.69, 9.17) is 17.4 Å². The summed E-state index contributed by atoms with van der Waals surface area (Å²) in [5.74, 6) is 6.64. The van der Waals surface area contributed by atoms with Gasteiger partial charge in [-0.15, -0.1) is 10.2 Å². The molecule has 0 bridgehead atoms. The highest BCUT2D eigenvalue weighted by atomic mass is 35.5. The number of hydrogen-bond donors (Lipinski definition) is 2. The number of hydrogen-bond acceptors (Lipinski definition) is 5. The molecule has 1 unspecified atom stereocenters. The summed E-state index contributed by atoms with van der Waals surface area (Å²) >= 11 is 7.13. The van der Waals surface area contributed by atoms with E-state index in [0.29, 0.717) is 22.5 Å². The summed E-state index contributed by atoms with van der Waals surface area (Å²) < 4.78 is 1.45. The summed E-state index contributed by atoms with van der Waals surface area (Å²) in [6, 6.07) is 7.36. The van der Waals surface area contributed by atoms with E-state index in [-0.39, 0.29) is 16.6 Å². The van der Waals surface area contributed by atoms with Crippen molar-refractivity contribution in [1.29, 1.82) is 0 Å². The number of rotatable bonds is 5. The van der Waals surface area contributed by atoms with Crippen LogP contribution in [-0.4, -0.2) is 26.0 Å². The molecule has 0 radical (unpaired) electrons. The number of nitrogen functional groups attached to an aromatic ring is 1. The van der Waals surface area contributed by atoms with Gasteiger partial charge in [-0.3, -0.25) is 4.79 Å². The number of thioether (sulfide) groups is 1. The Balaban J connectivity index is 1.94. The van der Waals surface area contributed by atoms with E-state index in [1.807, 2.05) is 39.8 Å². The summed E-state index contributed by atoms with van der Waals surface area (Å²) in [6.07, 6.45) is 0. The van der Waals surface area contributed by atoms with Crippen molar-refractivity contribution >= 4 is 29.3 Å². The van der Waals surface area contributed by atoms with Crippen LogP contribution in [0.4, 0.5) is 0 Å². The fraction of sp³-hybridized carbons (Fsp3) is 0.438. The molecule has 3 N–H and O–H groups in total. The van der Waals surface area contributed by atoms with Crippen LogP contribution in [0.3, 0.4) is 0 Å². The third-order valence-corrected chi connectivity index (χ3v) is 4.68. The largest absolute Gasteiger partial charge is 0.351 e. The van der Waals surface area contributed by atoms with E-state index < -0.39 is 0 Å². The van der Waals surface area contributed by atoms with E-state index in [9.17, 15) is 4.79 Å². The van der Waals surface area contributed by atoms with Crippen LogP contribution in [0.15, 0.2) is 29.4 Å². The third-order valence-electron chi connectivity index (χ3n) is 3.37. The van der Waals surface area contributed by atoms with E-state index in [1.165, 1.54) is 16.4 Å². The van der Waals surface area contributed by atoms with Crippen molar-refractivity contribution in [1.82, 2.24) is 20.2 Å². The Hall–Kier alpha value is -1.73. The fourth-order valence-corrected chi connectivity index (χ4v) is 2.94. The third kappa shape index (κ3) is 4.64. The SMILES string of the molecule is CC(Sc1nnc(C(C)(C)C)n1N)C(=O)NCc1ccc(Cl)cc1. The molecule has 2 rings (SSSR count). The molecule has 1 heterocycles. The summed E-state index contributed by atoms with van der Waals surface area (Å²) in [6.45, 7) is 8.29. The van der Waals surface area contributed by atoms with Crippen molar-refractivity contribution in [3.63, 3.8) is 0 Å². The van der Waals surface area contributed by atoms with Crippen molar-refractivity contribution in [2.75, 3.05) is 5.84 Å². The van der Waals surface area contributed by atoms with Gasteiger partial charge in [0.2, 0.25) is 11.1 Å². The molecule has 0 fully saturated rings. The molecule has 1 aromatic carbocycles. The van der Waals surface area contributed by atoms with Crippen molar-refractivity contribution in [2.24, 2.45) is 0 Å². The Morgan fingerprint density at radius 2 is 1.96 bits per heavy atom. The topological polar surface area (TPSA) is 85.8 Å². The smallest absolute Gasteiger partial charge is 0.233 e. The lowest BCUT2D eigenvalue weighted by molar-refractivity contribution is -0.120. The van der Waals surface area contributed by atoms with Crippen LogP contribution in [0.25, 0.3) is 0 Å². The lowest BCUT2D eigenvalue weighted by Gasteiger charge is -2.17. The number of nitrogens with zero attached hydrogens (tertiary/aromatic N) is 3. The first-order chi connectivity index (χ1) is 11.2. The quantitative estimate of drug-likeness (QED) is 0.626. The van der Waals surface area contributed by atoms with Gasteiger partial charge in [0, 0.05) is 17.0 Å². The number of aromatic nitrogens is 3. The zero-order chi connectivity index (χ0) is 17.9. The predicted molar refractivity (Wildman–Crippen MR) is 97.5 cm³/mol. The standard InChI is InChI=1S/C16H22ClN5OS/c1-10(13(23)19-9-11-5-7-12(17)8-6-11)24-15-21-20-14(22(15)18)16(2,3)4/h5-8,10H,9,18H2,1-4H3,(H,19,23). The van der Waals surface area contributed by atoms with E-state index >= 15 is 0 Å². The van der Waals surface area contributed by atoms with Gasteiger partial charge in [-0.2, -0.15) is 0 Å². The summed E-state index contributed by atoms with van der Waals surface area (Å²) in [4.78, 5) is 12.2. The first kappa shape index (κ1) is 18.6. The van der Waals surface area contributed by atoms with Crippen LogP contribution in [-0.2, 0) is 16.8 Å². The Bertz CT molecular complexity index is 708. The first-order valence-corrected chi connectivity index (χ1v) is 8.84. The van der Waals surface area contributed by atoms with Crippen LogP contribution >= 0.6 is 23.4 Å². The number of carbonyl (C=O) groups excluding carboxylic acids is 1. The molecular weight excluding hydrogens is 346 g/mol. The molecule has 1 amide bonds. The van der Waals surface area contributed by atoms with Gasteiger partial charge in [0.25, 0.3) is 0 Å². The Morgan fingerprint density at radius 1 is 1.33 bits per heavy atom. The second kappa shape index (κ2) is 7.44. The molecule has 0 spiro atoms. The van der Waals surface area contributed by atoms with Gasteiger partial charge in [-0.1, -0.05) is 56.3 Å². The van der Waals surface area contributed by atoms with Crippen LogP contribution in [0.2, 0.25) is 5.02 Å². The molecule has 1 atom stereocenters. The zero-order valence-electron chi connectivity index (χ0n) is 14.2. The van der Waals surface area contributed by atoms with E-state index in [0.717, 1.165) is 5.56 Å². The summed E-state index contributed by atoms with van der Waals surface area (Å²) in [5, 5.41) is 12.0. The fourth-order valence-electron chi connectivity index (χ4n) is 2.02. The van der Waals surface area contributed by atoms with Crippen LogP contribution in [0, 0.1) is 0 Å². The average molecular weight is 368 g/mol. The normalized spacial score (nSPS) is 12.9. The molecule has 0 aliphatic heterocycles. The number of nitrogens with two attached hydrogens (primary N) is 1. The zero-order valence-corrected chi connectivity index (χ0v) is 15.8. The molecule has 0 saturated carbocycles. The second-order valence-electron chi connectivity index (χ2n) is 6.53. The highest BCUT2D eigenvalue weighted by Gasteiger charge is 2.25. The molecular formula is C16H22ClN5OS. The van der Waals surface area contributed by atoms with Crippen LogP contribution < -0.4 is 11.2 Å². The minimum absolute atomic E-state index is 0.0877. The van der Waals surface area contributed by atoms with E-state index in [2.05, 4.69) is 15.5 Å². The maximum atomic E-state index is 12.2. The minimum atomic E-state index is -0.336. The van der Waals surface area contributed by atoms with E-state index in [1.54, 1.807) is 12.1 Å². The first-order valence-electron chi connectivity index (χ1n) is 7.58. The van der Waals surface area contributed by atoms with Gasteiger partial charge in [-0.05, 0) is 24.6 Å². The summed E-state index contributed by atoms with van der Waals surface area (Å²) in [5.41, 5.74) is 0.780. The van der Waals surface area contributed by atoms with Gasteiger partial charge >= 0.3 is 0 Å². The minimum Gasteiger partial charge on any atom is -0.351 e. The Labute approximate surface area is 151 Å². The van der Waals surface area contributed by atoms with Gasteiger partial charge in [0.1, 0.15) is 0 Å². The lowest BCUT2D eigenvalue weighted by atomic mass is 9.96. The number of carbonyl (C=O) groups is 1. The lowest BCUT2D eigenvalue weighted by Crippen LogP contribution is -2.31. The molecule has 1 aromatic heterocycles. The summed E-state index contributed by atoms with van der Waals surface area (Å²) in [7, 11) is 0. The average Bonchev–Trinajstić information content (AvgIpc) is 2.87. The van der Waals surface area contributed by atoms with Crippen LogP contribution in [0.5, 0.6) is 0 Å². The molecule has 2 aromatic rings. The van der Waals surface area contributed by atoms with Crippen molar-refractivity contribution in [3.8, 4) is 0 Å². The van der Waals surface area contributed by atoms with Crippen molar-refractivity contribution < 1.29 is 4.79 Å². The molecule has 130 valence electrons. The molecule has 6 nitrogen and oxygen atoms in total. The highest BCUT2D eigenvalue weighted by molar-refractivity contribution is 8.00. The Kier molecular flexibility index (Phi) is 5.77. The number of amides is 1. The monoisotopic (exact) mass is 367 g/mol. The number of benzene rings is 1. The maximum Gasteiger partial charge on any atom is 0.233 e. The second-order valence-corrected chi connectivity index (χ2v) is 8.27. The maximum absolute atomic E-state index is 12.2. The van der Waals surface area contributed by atoms with Gasteiger partial charge in [0.15, 0.2) is 5.82 Å². The molecule has 8 heteroatoms. The van der Waals surface area contributed by atoms with Gasteiger partial charge in [0.05, 0.1) is 5.25 Å². The number of halogens is 1. The van der Waals surface area contributed by atoms with Crippen molar-refractivity contribution in [2.45, 2.75) is 50.1 Å². The highest BCUT2D eigenvalue weighted by Crippen LogP contribution is 2.25. The van der Waals surface area contributed by atoms with Gasteiger partial charge in [-0.25, -0.2) is 4.68 Å². The number of nitrogens with one attached hydrogen (secondary N) is 1. The van der Waals surface area contributed by atoms with Crippen LogP contribution in [0.1, 0.15) is 39.1 Å². The Morgan fingerprint density at radius 3 is 2.50 bits per heavy atom. The van der Waals surface area contributed by atoms with Crippen molar-refractivity contribution in [3.05, 3.63) is 40.7 Å². The molecule has 0 saturated heterocycles. The molecule has 0 aliphatic carbocycles. The molecule has 24 heavy (non-hydrogen) atoms. The van der Waals surface area contributed by atoms with Gasteiger partial charge < -0.3 is 11.2 Å². The predicted octanol–water partition coefficient (Wildman–Crippen LogP) is 2.74. The molecule has 0 aliphatic rings.